The maximum absolute atomic E-state index is 5.73. The Labute approximate surface area is 84.9 Å². The molecule has 0 bridgehead atoms. The minimum absolute atomic E-state index is 0.490. The molecular weight excluding hydrogens is 174 g/mol. The van der Waals surface area contributed by atoms with Crippen molar-refractivity contribution in [3.8, 4) is 0 Å². The summed E-state index contributed by atoms with van der Waals surface area (Å²) in [4.78, 5) is 6.72. The average molecular weight is 191 g/mol. The van der Waals surface area contributed by atoms with Crippen LogP contribution in [-0.2, 0) is 0 Å². The van der Waals surface area contributed by atoms with Crippen molar-refractivity contribution in [1.29, 1.82) is 0 Å². The van der Waals surface area contributed by atoms with Crippen LogP contribution < -0.4 is 10.6 Å². The summed E-state index contributed by atoms with van der Waals surface area (Å²) in [6.07, 6.45) is 4.31. The molecule has 76 valence electrons. The summed E-state index contributed by atoms with van der Waals surface area (Å²) in [6, 6.07) is 4.65. The van der Waals surface area contributed by atoms with Gasteiger partial charge in [0.1, 0.15) is 5.82 Å². The van der Waals surface area contributed by atoms with E-state index >= 15 is 0 Å². The summed E-state index contributed by atoms with van der Waals surface area (Å²) >= 11 is 0. The number of nitrogens with zero attached hydrogens (tertiary/aromatic N) is 2. The first-order valence-corrected chi connectivity index (χ1v) is 5.20. The number of aryl methyl sites for hydroxylation is 1. The zero-order valence-corrected chi connectivity index (χ0v) is 8.61. The largest absolute Gasteiger partial charge is 0.352 e. The molecule has 0 spiro atoms. The Morgan fingerprint density at radius 2 is 2.50 bits per heavy atom. The second-order valence-electron chi connectivity index (χ2n) is 3.92. The van der Waals surface area contributed by atoms with Gasteiger partial charge in [-0.15, -0.1) is 0 Å². The van der Waals surface area contributed by atoms with Crippen molar-refractivity contribution in [1.82, 2.24) is 4.98 Å². The van der Waals surface area contributed by atoms with Gasteiger partial charge in [-0.3, -0.25) is 0 Å². The molecule has 1 saturated heterocycles. The number of aromatic nitrogens is 1. The molecule has 1 aromatic heterocycles. The van der Waals surface area contributed by atoms with Gasteiger partial charge in [-0.1, -0.05) is 0 Å². The lowest BCUT2D eigenvalue weighted by Crippen LogP contribution is -2.35. The molecule has 2 heterocycles. The fraction of sp³-hybridized carbons (Fsp3) is 0.545. The van der Waals surface area contributed by atoms with E-state index in [0.29, 0.717) is 6.04 Å². The second kappa shape index (κ2) is 3.96. The van der Waals surface area contributed by atoms with Gasteiger partial charge in [0.2, 0.25) is 0 Å². The van der Waals surface area contributed by atoms with E-state index in [1.807, 2.05) is 12.3 Å². The highest BCUT2D eigenvalue weighted by atomic mass is 15.2. The van der Waals surface area contributed by atoms with Crippen molar-refractivity contribution in [2.24, 2.45) is 5.73 Å². The minimum Gasteiger partial charge on any atom is -0.352 e. The molecular formula is C11H17N3. The molecule has 3 nitrogen and oxygen atoms in total. The van der Waals surface area contributed by atoms with Crippen LogP contribution in [0.15, 0.2) is 18.3 Å². The Bertz CT molecular complexity index is 311. The van der Waals surface area contributed by atoms with E-state index < -0.39 is 0 Å². The predicted molar refractivity (Wildman–Crippen MR) is 58.4 cm³/mol. The molecule has 0 amide bonds. The van der Waals surface area contributed by atoms with Gasteiger partial charge in [0.15, 0.2) is 0 Å². The van der Waals surface area contributed by atoms with Gasteiger partial charge in [-0.05, 0) is 37.5 Å². The molecule has 0 radical (unpaired) electrons. The van der Waals surface area contributed by atoms with E-state index in [2.05, 4.69) is 22.9 Å². The minimum atomic E-state index is 0.490. The maximum atomic E-state index is 5.73. The smallest absolute Gasteiger partial charge is 0.129 e. The molecule has 1 unspecified atom stereocenters. The Kier molecular flexibility index (Phi) is 2.68. The normalized spacial score (nSPS) is 21.6. The summed E-state index contributed by atoms with van der Waals surface area (Å²) in [5.41, 5.74) is 6.99. The SMILES string of the molecule is Cc1ccnc(N2CCCC2CN)c1. The summed E-state index contributed by atoms with van der Waals surface area (Å²) < 4.78 is 0. The molecule has 0 saturated carbocycles. The van der Waals surface area contributed by atoms with Crippen molar-refractivity contribution < 1.29 is 0 Å². The van der Waals surface area contributed by atoms with Crippen LogP contribution in [0.1, 0.15) is 18.4 Å². The van der Waals surface area contributed by atoms with Crippen LogP contribution in [0.5, 0.6) is 0 Å². The van der Waals surface area contributed by atoms with E-state index in [-0.39, 0.29) is 0 Å². The Hall–Kier alpha value is -1.09. The first-order valence-electron chi connectivity index (χ1n) is 5.20. The third-order valence-electron chi connectivity index (χ3n) is 2.84. The maximum Gasteiger partial charge on any atom is 0.129 e. The molecule has 2 N–H and O–H groups in total. The van der Waals surface area contributed by atoms with E-state index in [4.69, 9.17) is 5.73 Å². The molecule has 1 aromatic rings. The molecule has 2 rings (SSSR count). The molecule has 1 fully saturated rings. The van der Waals surface area contributed by atoms with Crippen LogP contribution >= 0.6 is 0 Å². The van der Waals surface area contributed by atoms with Gasteiger partial charge in [0, 0.05) is 25.3 Å². The Balaban J connectivity index is 2.21. The molecule has 0 aromatic carbocycles. The number of hydrogen-bond acceptors (Lipinski definition) is 3. The van der Waals surface area contributed by atoms with Gasteiger partial charge < -0.3 is 10.6 Å². The second-order valence-corrected chi connectivity index (χ2v) is 3.92. The molecule has 3 heteroatoms. The third-order valence-corrected chi connectivity index (χ3v) is 2.84. The zero-order valence-electron chi connectivity index (χ0n) is 8.61. The van der Waals surface area contributed by atoms with Crippen molar-refractivity contribution in [2.45, 2.75) is 25.8 Å². The first-order chi connectivity index (χ1) is 6.81. The van der Waals surface area contributed by atoms with Crippen LogP contribution in [0.3, 0.4) is 0 Å². The molecule has 1 aliphatic heterocycles. The summed E-state index contributed by atoms with van der Waals surface area (Å²) in [6.45, 7) is 3.92. The topological polar surface area (TPSA) is 42.2 Å². The lowest BCUT2D eigenvalue weighted by molar-refractivity contribution is 0.671. The van der Waals surface area contributed by atoms with Gasteiger partial charge >= 0.3 is 0 Å². The zero-order chi connectivity index (χ0) is 9.97. The van der Waals surface area contributed by atoms with Crippen LogP contribution in [0.25, 0.3) is 0 Å². The van der Waals surface area contributed by atoms with Crippen molar-refractivity contribution in [3.05, 3.63) is 23.9 Å². The standard InChI is InChI=1S/C11H17N3/c1-9-4-5-13-11(7-9)14-6-2-3-10(14)8-12/h4-5,7,10H,2-3,6,8,12H2,1H3. The fourth-order valence-corrected chi connectivity index (χ4v) is 2.06. The Morgan fingerprint density at radius 1 is 1.64 bits per heavy atom. The average Bonchev–Trinajstić information content (AvgIpc) is 2.65. The predicted octanol–water partition coefficient (Wildman–Crippen LogP) is 1.32. The monoisotopic (exact) mass is 191 g/mol. The Morgan fingerprint density at radius 3 is 3.21 bits per heavy atom. The quantitative estimate of drug-likeness (QED) is 0.766. The van der Waals surface area contributed by atoms with E-state index in [0.717, 1.165) is 18.9 Å². The number of hydrogen-bond donors (Lipinski definition) is 1. The van der Waals surface area contributed by atoms with Crippen molar-refractivity contribution in [3.63, 3.8) is 0 Å². The molecule has 14 heavy (non-hydrogen) atoms. The first kappa shape index (κ1) is 9.46. The summed E-state index contributed by atoms with van der Waals surface area (Å²) in [7, 11) is 0. The molecule has 1 aliphatic rings. The van der Waals surface area contributed by atoms with Crippen LogP contribution in [0.4, 0.5) is 5.82 Å². The lowest BCUT2D eigenvalue weighted by atomic mass is 10.2. The van der Waals surface area contributed by atoms with Crippen molar-refractivity contribution in [2.75, 3.05) is 18.0 Å². The van der Waals surface area contributed by atoms with Crippen LogP contribution in [0, 0.1) is 6.92 Å². The van der Waals surface area contributed by atoms with Gasteiger partial charge in [0.05, 0.1) is 0 Å². The summed E-state index contributed by atoms with van der Waals surface area (Å²) in [5.74, 6) is 1.08. The highest BCUT2D eigenvalue weighted by molar-refractivity contribution is 5.43. The van der Waals surface area contributed by atoms with E-state index in [1.54, 1.807) is 0 Å². The highest BCUT2D eigenvalue weighted by Gasteiger charge is 2.23. The van der Waals surface area contributed by atoms with Gasteiger partial charge in [0.25, 0.3) is 0 Å². The van der Waals surface area contributed by atoms with E-state index in [9.17, 15) is 0 Å². The highest BCUT2D eigenvalue weighted by Crippen LogP contribution is 2.23. The summed E-state index contributed by atoms with van der Waals surface area (Å²) in [5, 5.41) is 0. The van der Waals surface area contributed by atoms with Gasteiger partial charge in [-0.2, -0.15) is 0 Å². The van der Waals surface area contributed by atoms with Crippen LogP contribution in [-0.4, -0.2) is 24.1 Å². The lowest BCUT2D eigenvalue weighted by Gasteiger charge is -2.24. The number of nitrogens with two attached hydrogens (primary N) is 1. The third kappa shape index (κ3) is 1.73. The van der Waals surface area contributed by atoms with E-state index in [1.165, 1.54) is 18.4 Å². The number of pyridine rings is 1. The van der Waals surface area contributed by atoms with Crippen LogP contribution in [0.2, 0.25) is 0 Å². The molecule has 1 atom stereocenters. The van der Waals surface area contributed by atoms with Crippen molar-refractivity contribution >= 4 is 5.82 Å². The fourth-order valence-electron chi connectivity index (χ4n) is 2.06. The number of rotatable bonds is 2. The van der Waals surface area contributed by atoms with Gasteiger partial charge in [-0.25, -0.2) is 4.98 Å². The molecule has 0 aliphatic carbocycles. The number of anilines is 1.